The minimum atomic E-state index is -4.53. The first-order valence-corrected chi connectivity index (χ1v) is 11.7. The highest BCUT2D eigenvalue weighted by Gasteiger charge is 2.61. The van der Waals surface area contributed by atoms with Gasteiger partial charge in [0.05, 0.1) is 17.0 Å². The van der Waals surface area contributed by atoms with Crippen molar-refractivity contribution in [1.82, 2.24) is 24.3 Å². The molecule has 1 saturated heterocycles. The zero-order valence-electron chi connectivity index (χ0n) is 18.2. The molecule has 1 aromatic carbocycles. The summed E-state index contributed by atoms with van der Waals surface area (Å²) in [5.41, 5.74) is 1.48. The Hall–Kier alpha value is -2.40. The van der Waals surface area contributed by atoms with E-state index in [1.807, 2.05) is 13.8 Å². The smallest absolute Gasteiger partial charge is 0.416 e. The third-order valence-electron chi connectivity index (χ3n) is 6.70. The predicted molar refractivity (Wildman–Crippen MR) is 115 cm³/mol. The van der Waals surface area contributed by atoms with Crippen LogP contribution in [0.5, 0.6) is 0 Å². The van der Waals surface area contributed by atoms with Crippen molar-refractivity contribution in [1.29, 1.82) is 0 Å². The van der Waals surface area contributed by atoms with Crippen LogP contribution in [0.2, 0.25) is 0 Å². The average Bonchev–Trinajstić information content (AvgIpc) is 3.06. The van der Waals surface area contributed by atoms with E-state index in [0.717, 1.165) is 49.1 Å². The Morgan fingerprint density at radius 1 is 1.27 bits per heavy atom. The summed E-state index contributed by atoms with van der Waals surface area (Å²) in [6, 6.07) is 2.96. The molecule has 11 heteroatoms. The number of aryl methyl sites for hydroxylation is 1. The normalized spacial score (nSPS) is 22.7. The van der Waals surface area contributed by atoms with Crippen LogP contribution in [0.15, 0.2) is 29.0 Å². The van der Waals surface area contributed by atoms with Crippen molar-refractivity contribution in [2.75, 3.05) is 25.4 Å². The van der Waals surface area contributed by atoms with E-state index in [0.29, 0.717) is 35.5 Å². The van der Waals surface area contributed by atoms with Crippen LogP contribution < -0.4 is 0 Å². The Labute approximate surface area is 192 Å². The standard InChI is InChI=1S/C22H23F4N5OS/c1-13-20(32-12-27-13)19-14(2)31(29-28-19)33-7-3-6-30-10-16-9-21(16,11-30)17-5-4-15(8-18(17)23)22(24,25)26/h4-5,8,12,16H,3,6-7,9-11H2,1-2H3. The van der Waals surface area contributed by atoms with Gasteiger partial charge in [-0.1, -0.05) is 11.3 Å². The maximum Gasteiger partial charge on any atom is 0.416 e. The van der Waals surface area contributed by atoms with Gasteiger partial charge in [0, 0.05) is 24.3 Å². The molecular weight excluding hydrogens is 458 g/mol. The first-order chi connectivity index (χ1) is 15.7. The second kappa shape index (κ2) is 8.12. The average molecular weight is 482 g/mol. The fourth-order valence-electron chi connectivity index (χ4n) is 4.89. The molecule has 2 unspecified atom stereocenters. The van der Waals surface area contributed by atoms with Gasteiger partial charge in [0.1, 0.15) is 5.82 Å². The lowest BCUT2D eigenvalue weighted by Gasteiger charge is -2.21. The van der Waals surface area contributed by atoms with E-state index in [1.165, 1.54) is 12.5 Å². The summed E-state index contributed by atoms with van der Waals surface area (Å²) in [6.07, 6.45) is -1.40. The van der Waals surface area contributed by atoms with Gasteiger partial charge < -0.3 is 9.32 Å². The number of piperidine rings is 1. The van der Waals surface area contributed by atoms with Crippen LogP contribution in [0, 0.1) is 25.6 Å². The first kappa shape index (κ1) is 22.4. The van der Waals surface area contributed by atoms with Crippen LogP contribution >= 0.6 is 11.9 Å². The van der Waals surface area contributed by atoms with Gasteiger partial charge in [0.25, 0.3) is 0 Å². The van der Waals surface area contributed by atoms with Crippen LogP contribution in [0.4, 0.5) is 17.6 Å². The van der Waals surface area contributed by atoms with E-state index >= 15 is 0 Å². The maximum atomic E-state index is 14.5. The van der Waals surface area contributed by atoms with Crippen LogP contribution in [-0.2, 0) is 11.6 Å². The Bertz CT molecular complexity index is 1180. The van der Waals surface area contributed by atoms with Crippen LogP contribution in [0.3, 0.4) is 0 Å². The highest BCUT2D eigenvalue weighted by atomic mass is 32.2. The Morgan fingerprint density at radius 2 is 2.09 bits per heavy atom. The molecule has 2 aromatic heterocycles. The lowest BCUT2D eigenvalue weighted by molar-refractivity contribution is -0.137. The maximum absolute atomic E-state index is 14.5. The molecule has 1 aliphatic heterocycles. The molecular formula is C22H23F4N5OS. The number of fused-ring (bicyclic) bond motifs is 1. The quantitative estimate of drug-likeness (QED) is 0.355. The van der Waals surface area contributed by atoms with Crippen molar-refractivity contribution in [3.63, 3.8) is 0 Å². The molecule has 0 spiro atoms. The summed E-state index contributed by atoms with van der Waals surface area (Å²) >= 11 is 1.56. The number of rotatable bonds is 7. The summed E-state index contributed by atoms with van der Waals surface area (Å²) in [6.45, 7) is 6.16. The third kappa shape index (κ3) is 4.05. The summed E-state index contributed by atoms with van der Waals surface area (Å²) in [4.78, 5) is 6.37. The van der Waals surface area contributed by atoms with Gasteiger partial charge in [-0.05, 0) is 68.8 Å². The number of halogens is 4. The van der Waals surface area contributed by atoms with Crippen molar-refractivity contribution >= 4 is 11.9 Å². The largest absolute Gasteiger partial charge is 0.441 e. The van der Waals surface area contributed by atoms with E-state index in [2.05, 4.69) is 20.2 Å². The van der Waals surface area contributed by atoms with Crippen LogP contribution in [0.25, 0.3) is 11.5 Å². The molecule has 6 nitrogen and oxygen atoms in total. The molecule has 2 aliphatic rings. The van der Waals surface area contributed by atoms with Crippen LogP contribution in [-0.4, -0.2) is 49.7 Å². The van der Waals surface area contributed by atoms with Gasteiger partial charge in [-0.15, -0.1) is 5.10 Å². The second-order valence-electron chi connectivity index (χ2n) is 8.83. The molecule has 0 bridgehead atoms. The van der Waals surface area contributed by atoms with E-state index < -0.39 is 17.6 Å². The molecule has 0 N–H and O–H groups in total. The van der Waals surface area contributed by atoms with Gasteiger partial charge in [-0.3, -0.25) is 0 Å². The van der Waals surface area contributed by atoms with E-state index in [4.69, 9.17) is 4.42 Å². The molecule has 33 heavy (non-hydrogen) atoms. The van der Waals surface area contributed by atoms with Crippen LogP contribution in [0.1, 0.15) is 35.4 Å². The Kier molecular flexibility index (Phi) is 5.51. The summed E-state index contributed by atoms with van der Waals surface area (Å²) in [5.74, 6) is 1.00. The van der Waals surface area contributed by atoms with Crippen molar-refractivity contribution in [2.45, 2.75) is 38.3 Å². The summed E-state index contributed by atoms with van der Waals surface area (Å²) in [5, 5.41) is 8.40. The first-order valence-electron chi connectivity index (χ1n) is 10.7. The highest BCUT2D eigenvalue weighted by Crippen LogP contribution is 2.59. The molecule has 5 rings (SSSR count). The van der Waals surface area contributed by atoms with Crippen molar-refractivity contribution in [3.05, 3.63) is 52.9 Å². The zero-order valence-corrected chi connectivity index (χ0v) is 19.0. The SMILES string of the molecule is Cc1ncoc1-c1nnn(SCCCN2CC3CC3(c3ccc(C(F)(F)F)cc3F)C2)c1C. The Morgan fingerprint density at radius 3 is 2.79 bits per heavy atom. The fourth-order valence-corrected chi connectivity index (χ4v) is 5.69. The lowest BCUT2D eigenvalue weighted by atomic mass is 9.93. The Balaban J connectivity index is 1.15. The van der Waals surface area contributed by atoms with Gasteiger partial charge in [0.15, 0.2) is 17.8 Å². The molecule has 0 amide bonds. The molecule has 1 aliphatic carbocycles. The zero-order chi connectivity index (χ0) is 23.4. The third-order valence-corrected chi connectivity index (χ3v) is 7.76. The van der Waals surface area contributed by atoms with Gasteiger partial charge in [-0.25, -0.2) is 9.37 Å². The second-order valence-corrected chi connectivity index (χ2v) is 9.85. The van der Waals surface area contributed by atoms with E-state index in [-0.39, 0.29) is 5.41 Å². The van der Waals surface area contributed by atoms with Gasteiger partial charge >= 0.3 is 6.18 Å². The molecule has 1 saturated carbocycles. The number of hydrogen-bond donors (Lipinski definition) is 0. The number of aromatic nitrogens is 4. The topological polar surface area (TPSA) is 60.0 Å². The molecule has 3 heterocycles. The van der Waals surface area contributed by atoms with Crippen molar-refractivity contribution in [3.8, 4) is 11.5 Å². The number of oxazole rings is 1. The fraction of sp³-hybridized carbons (Fsp3) is 0.500. The molecule has 3 aromatic rings. The van der Waals surface area contributed by atoms with Crippen molar-refractivity contribution in [2.24, 2.45) is 5.92 Å². The van der Waals surface area contributed by atoms with Gasteiger partial charge in [0.2, 0.25) is 0 Å². The monoisotopic (exact) mass is 481 g/mol. The van der Waals surface area contributed by atoms with E-state index in [1.54, 1.807) is 16.0 Å². The minimum absolute atomic E-state index is 0.307. The molecule has 2 fully saturated rings. The number of benzene rings is 1. The number of nitrogens with zero attached hydrogens (tertiary/aromatic N) is 5. The number of alkyl halides is 3. The predicted octanol–water partition coefficient (Wildman–Crippen LogP) is 4.87. The summed E-state index contributed by atoms with van der Waals surface area (Å²) < 4.78 is 60.3. The lowest BCUT2D eigenvalue weighted by Crippen LogP contribution is -2.28. The van der Waals surface area contributed by atoms with Gasteiger partial charge in [-0.2, -0.15) is 17.3 Å². The highest BCUT2D eigenvalue weighted by molar-refractivity contribution is 7.97. The van der Waals surface area contributed by atoms with E-state index in [9.17, 15) is 17.6 Å². The molecule has 2 atom stereocenters. The van der Waals surface area contributed by atoms with Crippen molar-refractivity contribution < 1.29 is 22.0 Å². The summed E-state index contributed by atoms with van der Waals surface area (Å²) in [7, 11) is 0. The molecule has 176 valence electrons. The number of likely N-dealkylation sites (tertiary alicyclic amines) is 1. The number of hydrogen-bond acceptors (Lipinski definition) is 6. The minimum Gasteiger partial charge on any atom is -0.441 e. The molecule has 0 radical (unpaired) electrons.